The minimum Gasteiger partial charge on any atom is -0.295 e. The monoisotopic (exact) mass is 526 g/mol. The van der Waals surface area contributed by atoms with Crippen LogP contribution in [0.2, 0.25) is 5.02 Å². The average molecular weight is 527 g/mol. The van der Waals surface area contributed by atoms with E-state index < -0.39 is 11.8 Å². The average Bonchev–Trinajstić information content (AvgIpc) is 3.34. The van der Waals surface area contributed by atoms with Crippen molar-refractivity contribution >= 4 is 28.9 Å². The van der Waals surface area contributed by atoms with E-state index in [4.69, 9.17) is 11.6 Å². The lowest BCUT2D eigenvalue weighted by Gasteiger charge is -2.24. The molecule has 0 aliphatic carbocycles. The number of nitrogens with one attached hydrogen (secondary N) is 1. The van der Waals surface area contributed by atoms with E-state index in [1.807, 2.05) is 96.1 Å². The molecule has 1 amide bonds. The van der Waals surface area contributed by atoms with Gasteiger partial charge in [0.1, 0.15) is 0 Å². The molecule has 3 aromatic carbocycles. The zero-order valence-electron chi connectivity index (χ0n) is 22.5. The van der Waals surface area contributed by atoms with Gasteiger partial charge in [-0.25, -0.2) is 9.69 Å². The predicted octanol–water partition coefficient (Wildman–Crippen LogP) is 6.53. The first-order valence-corrected chi connectivity index (χ1v) is 13.1. The highest BCUT2D eigenvalue weighted by Crippen LogP contribution is 2.41. The van der Waals surface area contributed by atoms with Gasteiger partial charge in [-0.3, -0.25) is 14.7 Å². The molecule has 2 heterocycles. The van der Waals surface area contributed by atoms with Gasteiger partial charge in [-0.15, -0.1) is 0 Å². The van der Waals surface area contributed by atoms with Crippen LogP contribution in [0, 0.1) is 40.5 Å². The molecule has 194 valence electrons. The van der Waals surface area contributed by atoms with Crippen LogP contribution in [0.1, 0.15) is 51.9 Å². The van der Waals surface area contributed by atoms with Crippen molar-refractivity contribution in [3.8, 4) is 5.69 Å². The zero-order chi connectivity index (χ0) is 27.3. The summed E-state index contributed by atoms with van der Waals surface area (Å²) in [5.74, 6) is -1.49. The van der Waals surface area contributed by atoms with Crippen LogP contribution in [0.15, 0.2) is 70.6 Å². The number of anilines is 1. The molecule has 2 atom stereocenters. The number of H-pyrrole nitrogens is 1. The van der Waals surface area contributed by atoms with E-state index in [2.05, 4.69) is 10.2 Å². The number of benzene rings is 3. The number of aromatic amines is 1. The maximum atomic E-state index is 14.0. The Balaban J connectivity index is 1.67. The Morgan fingerprint density at radius 1 is 0.816 bits per heavy atom. The Kier molecular flexibility index (Phi) is 6.61. The van der Waals surface area contributed by atoms with Crippen molar-refractivity contribution in [1.29, 1.82) is 0 Å². The third-order valence-electron chi connectivity index (χ3n) is 7.67. The molecule has 2 unspecified atom stereocenters. The molecule has 38 heavy (non-hydrogen) atoms. The summed E-state index contributed by atoms with van der Waals surface area (Å²) in [6.07, 6.45) is 0. The summed E-state index contributed by atoms with van der Waals surface area (Å²) in [5, 5.41) is 9.89. The summed E-state index contributed by atoms with van der Waals surface area (Å²) in [6.45, 7) is 11.8. The van der Waals surface area contributed by atoms with Crippen molar-refractivity contribution in [3.63, 3.8) is 0 Å². The molecule has 1 aliphatic rings. The van der Waals surface area contributed by atoms with Gasteiger partial charge in [0.2, 0.25) is 0 Å². The smallest absolute Gasteiger partial charge is 0.275 e. The fourth-order valence-corrected chi connectivity index (χ4v) is 5.46. The summed E-state index contributed by atoms with van der Waals surface area (Å²) in [7, 11) is 0. The summed E-state index contributed by atoms with van der Waals surface area (Å²) < 4.78 is 1.55. The predicted molar refractivity (Wildman–Crippen MR) is 154 cm³/mol. The lowest BCUT2D eigenvalue weighted by atomic mass is 9.78. The summed E-state index contributed by atoms with van der Waals surface area (Å²) >= 11 is 6.72. The Morgan fingerprint density at radius 2 is 1.42 bits per heavy atom. The second kappa shape index (κ2) is 9.76. The number of aromatic nitrogens is 2. The number of carbonyl (C=O) groups is 1. The molecule has 5 rings (SSSR count). The number of hydrogen-bond donors (Lipinski definition) is 1. The number of amides is 1. The van der Waals surface area contributed by atoms with Crippen molar-refractivity contribution in [2.75, 3.05) is 5.01 Å². The second-order valence-electron chi connectivity index (χ2n) is 10.2. The number of hydrogen-bond acceptors (Lipinski definition) is 3. The maximum Gasteiger partial charge on any atom is 0.275 e. The molecule has 0 spiro atoms. The number of nitrogens with zero attached hydrogens (tertiary/aromatic N) is 3. The Bertz CT molecular complexity index is 1660. The third kappa shape index (κ3) is 4.29. The molecule has 0 bridgehead atoms. The number of rotatable bonds is 5. The molecular weight excluding hydrogens is 496 g/mol. The van der Waals surface area contributed by atoms with Crippen LogP contribution in [0.4, 0.5) is 5.69 Å². The van der Waals surface area contributed by atoms with Crippen LogP contribution in [-0.4, -0.2) is 21.4 Å². The van der Waals surface area contributed by atoms with Crippen LogP contribution in [0.25, 0.3) is 5.69 Å². The van der Waals surface area contributed by atoms with E-state index in [9.17, 15) is 9.59 Å². The normalized spacial score (nSPS) is 16.2. The van der Waals surface area contributed by atoms with Gasteiger partial charge in [-0.1, -0.05) is 41.9 Å². The molecule has 0 radical (unpaired) electrons. The third-order valence-corrected chi connectivity index (χ3v) is 8.01. The van der Waals surface area contributed by atoms with E-state index in [1.54, 1.807) is 10.7 Å². The van der Waals surface area contributed by atoms with Crippen LogP contribution in [0.5, 0.6) is 0 Å². The van der Waals surface area contributed by atoms with Gasteiger partial charge in [0.25, 0.3) is 11.5 Å². The van der Waals surface area contributed by atoms with E-state index in [-0.39, 0.29) is 11.5 Å². The topological polar surface area (TPSA) is 70.5 Å². The Hall–Kier alpha value is -3.90. The Labute approximate surface area is 227 Å². The van der Waals surface area contributed by atoms with E-state index in [1.165, 1.54) is 5.01 Å². The molecule has 4 aromatic rings. The van der Waals surface area contributed by atoms with Gasteiger partial charge in [0.15, 0.2) is 0 Å². The molecule has 1 aliphatic heterocycles. The molecular formula is C31H31ClN4O2. The fourth-order valence-electron chi connectivity index (χ4n) is 5.21. The van der Waals surface area contributed by atoms with Crippen LogP contribution < -0.4 is 10.6 Å². The van der Waals surface area contributed by atoms with Crippen LogP contribution in [0.3, 0.4) is 0 Å². The minimum absolute atomic E-state index is 0.187. The highest BCUT2D eigenvalue weighted by atomic mass is 35.5. The summed E-state index contributed by atoms with van der Waals surface area (Å²) in [6, 6.07) is 19.2. The van der Waals surface area contributed by atoms with Gasteiger partial charge in [-0.05, 0) is 99.7 Å². The van der Waals surface area contributed by atoms with E-state index >= 15 is 0 Å². The maximum absolute atomic E-state index is 14.0. The highest BCUT2D eigenvalue weighted by molar-refractivity contribution is 6.31. The minimum atomic E-state index is -0.688. The lowest BCUT2D eigenvalue weighted by molar-refractivity contribution is -0.120. The molecule has 7 heteroatoms. The number of hydrazone groups is 1. The quantitative estimate of drug-likeness (QED) is 0.321. The standard InChI is InChI=1S/C31H31ClN4O2/c1-17-11-13-23(15-19(17)3)35-30(37)27(21(5)33-35)29(25-9-7-8-10-26(25)32)28-22(6)34-36(31(28)38)24-14-12-18(2)20(4)16-24/h7-16,27,29,34H,1-6H3. The second-order valence-corrected chi connectivity index (χ2v) is 10.6. The van der Waals surface area contributed by atoms with Crippen molar-refractivity contribution in [2.45, 2.75) is 47.5 Å². The fraction of sp³-hybridized carbons (Fsp3) is 0.258. The first kappa shape index (κ1) is 25.7. The lowest BCUT2D eigenvalue weighted by Crippen LogP contribution is -2.34. The summed E-state index contributed by atoms with van der Waals surface area (Å²) in [5.41, 5.74) is 8.23. The SMILES string of the molecule is CC1=NN(c2ccc(C)c(C)c2)C(=O)C1C(c1ccccc1Cl)c1c(C)[nH]n(-c2ccc(C)c(C)c2)c1=O. The molecule has 1 N–H and O–H groups in total. The van der Waals surface area contributed by atoms with E-state index in [0.717, 1.165) is 33.5 Å². The summed E-state index contributed by atoms with van der Waals surface area (Å²) in [4.78, 5) is 28.1. The number of halogens is 1. The van der Waals surface area contributed by atoms with E-state index in [0.29, 0.717) is 27.7 Å². The van der Waals surface area contributed by atoms with Gasteiger partial charge in [-0.2, -0.15) is 5.10 Å². The van der Waals surface area contributed by atoms with Crippen molar-refractivity contribution < 1.29 is 4.79 Å². The van der Waals surface area contributed by atoms with Gasteiger partial charge >= 0.3 is 0 Å². The largest absolute Gasteiger partial charge is 0.295 e. The zero-order valence-corrected chi connectivity index (χ0v) is 23.2. The van der Waals surface area contributed by atoms with Crippen molar-refractivity contribution in [2.24, 2.45) is 11.0 Å². The van der Waals surface area contributed by atoms with Crippen LogP contribution >= 0.6 is 11.6 Å². The number of carbonyl (C=O) groups excluding carboxylic acids is 1. The van der Waals surface area contributed by atoms with Crippen molar-refractivity contribution in [3.05, 3.63) is 115 Å². The van der Waals surface area contributed by atoms with Gasteiger partial charge < -0.3 is 0 Å². The van der Waals surface area contributed by atoms with Gasteiger partial charge in [0.05, 0.1) is 17.3 Å². The van der Waals surface area contributed by atoms with Crippen molar-refractivity contribution in [1.82, 2.24) is 9.78 Å². The number of aryl methyl sites for hydroxylation is 5. The molecule has 0 saturated carbocycles. The Morgan fingerprint density at radius 3 is 2.05 bits per heavy atom. The molecule has 0 fully saturated rings. The molecule has 6 nitrogen and oxygen atoms in total. The van der Waals surface area contributed by atoms with Crippen LogP contribution in [-0.2, 0) is 4.79 Å². The highest BCUT2D eigenvalue weighted by Gasteiger charge is 2.44. The first-order valence-electron chi connectivity index (χ1n) is 12.7. The van der Waals surface area contributed by atoms with Gasteiger partial charge in [0, 0.05) is 27.9 Å². The molecule has 0 saturated heterocycles. The first-order chi connectivity index (χ1) is 18.1. The molecule has 1 aromatic heterocycles.